The SMILES string of the molecule is CC(C)c1ncc(CN2CCC(O)(c3ccccc3F)CC2)cn1. The van der Waals surface area contributed by atoms with Gasteiger partial charge in [0, 0.05) is 49.1 Å². The van der Waals surface area contributed by atoms with Gasteiger partial charge in [0.25, 0.3) is 0 Å². The van der Waals surface area contributed by atoms with Gasteiger partial charge in [-0.1, -0.05) is 32.0 Å². The minimum atomic E-state index is -1.07. The van der Waals surface area contributed by atoms with Crippen molar-refractivity contribution in [2.45, 2.75) is 44.8 Å². The number of halogens is 1. The lowest BCUT2D eigenvalue weighted by atomic mass is 9.84. The molecule has 1 fully saturated rings. The van der Waals surface area contributed by atoms with Gasteiger partial charge in [-0.3, -0.25) is 4.90 Å². The minimum absolute atomic E-state index is 0.324. The van der Waals surface area contributed by atoms with E-state index >= 15 is 0 Å². The Labute approximate surface area is 142 Å². The van der Waals surface area contributed by atoms with Crippen molar-refractivity contribution in [3.05, 3.63) is 59.4 Å². The predicted molar refractivity (Wildman–Crippen MR) is 90.9 cm³/mol. The summed E-state index contributed by atoms with van der Waals surface area (Å²) in [6.07, 6.45) is 4.80. The van der Waals surface area contributed by atoms with Crippen LogP contribution in [0.4, 0.5) is 4.39 Å². The molecule has 4 nitrogen and oxygen atoms in total. The van der Waals surface area contributed by atoms with Gasteiger partial charge < -0.3 is 5.11 Å². The maximum Gasteiger partial charge on any atom is 0.130 e. The van der Waals surface area contributed by atoms with Crippen molar-refractivity contribution in [3.8, 4) is 0 Å². The molecule has 0 aliphatic carbocycles. The van der Waals surface area contributed by atoms with Gasteiger partial charge >= 0.3 is 0 Å². The van der Waals surface area contributed by atoms with E-state index in [1.807, 2.05) is 12.4 Å². The first-order valence-corrected chi connectivity index (χ1v) is 8.48. The van der Waals surface area contributed by atoms with Crippen LogP contribution in [0.15, 0.2) is 36.7 Å². The maximum atomic E-state index is 14.0. The van der Waals surface area contributed by atoms with Crippen molar-refractivity contribution in [2.75, 3.05) is 13.1 Å². The third-order valence-corrected chi connectivity index (χ3v) is 4.71. The molecular weight excluding hydrogens is 305 g/mol. The molecule has 0 saturated carbocycles. The Morgan fingerprint density at radius 1 is 1.17 bits per heavy atom. The lowest BCUT2D eigenvalue weighted by Gasteiger charge is -2.38. The second-order valence-corrected chi connectivity index (χ2v) is 6.89. The van der Waals surface area contributed by atoms with E-state index in [1.165, 1.54) is 6.07 Å². The van der Waals surface area contributed by atoms with Gasteiger partial charge in [0.1, 0.15) is 11.6 Å². The Morgan fingerprint density at radius 3 is 2.38 bits per heavy atom. The van der Waals surface area contributed by atoms with E-state index in [0.29, 0.717) is 24.3 Å². The van der Waals surface area contributed by atoms with Crippen LogP contribution >= 0.6 is 0 Å². The van der Waals surface area contributed by atoms with Crippen LogP contribution in [0, 0.1) is 5.82 Å². The molecule has 0 radical (unpaired) electrons. The standard InChI is InChI=1S/C19H24FN3O/c1-14(2)18-21-11-15(12-22-18)13-23-9-7-19(24,8-10-23)16-5-3-4-6-17(16)20/h3-6,11-12,14,24H,7-10,13H2,1-2H3. The van der Waals surface area contributed by atoms with Gasteiger partial charge in [-0.05, 0) is 18.9 Å². The van der Waals surface area contributed by atoms with E-state index in [9.17, 15) is 9.50 Å². The molecule has 2 heterocycles. The number of piperidine rings is 1. The fraction of sp³-hybridized carbons (Fsp3) is 0.474. The highest BCUT2D eigenvalue weighted by Gasteiger charge is 2.35. The molecule has 0 atom stereocenters. The molecule has 0 unspecified atom stereocenters. The summed E-state index contributed by atoms with van der Waals surface area (Å²) in [6.45, 7) is 6.34. The van der Waals surface area contributed by atoms with Crippen LogP contribution in [-0.4, -0.2) is 33.1 Å². The smallest absolute Gasteiger partial charge is 0.130 e. The Hall–Kier alpha value is -1.85. The van der Waals surface area contributed by atoms with Gasteiger partial charge in [0.05, 0.1) is 5.60 Å². The van der Waals surface area contributed by atoms with Crippen LogP contribution in [-0.2, 0) is 12.1 Å². The summed E-state index contributed by atoms with van der Waals surface area (Å²) in [4.78, 5) is 11.0. The monoisotopic (exact) mass is 329 g/mol. The number of rotatable bonds is 4. The predicted octanol–water partition coefficient (Wildman–Crippen LogP) is 3.22. The van der Waals surface area contributed by atoms with Gasteiger partial charge in [-0.2, -0.15) is 0 Å². The average molecular weight is 329 g/mol. The fourth-order valence-corrected chi connectivity index (χ4v) is 3.19. The molecule has 24 heavy (non-hydrogen) atoms. The Morgan fingerprint density at radius 2 is 1.79 bits per heavy atom. The zero-order valence-electron chi connectivity index (χ0n) is 14.2. The summed E-state index contributed by atoms with van der Waals surface area (Å²) in [5, 5.41) is 10.8. The van der Waals surface area contributed by atoms with Crippen molar-refractivity contribution in [2.24, 2.45) is 0 Å². The summed E-state index contributed by atoms with van der Waals surface area (Å²) in [7, 11) is 0. The third kappa shape index (κ3) is 3.62. The molecule has 0 spiro atoms. The van der Waals surface area contributed by atoms with Crippen molar-refractivity contribution in [1.29, 1.82) is 0 Å². The molecule has 1 saturated heterocycles. The van der Waals surface area contributed by atoms with Crippen LogP contribution < -0.4 is 0 Å². The third-order valence-electron chi connectivity index (χ3n) is 4.71. The summed E-state index contributed by atoms with van der Waals surface area (Å²) < 4.78 is 14.0. The van der Waals surface area contributed by atoms with Gasteiger partial charge in [-0.15, -0.1) is 0 Å². The molecule has 0 bridgehead atoms. The Bertz CT molecular complexity index is 679. The van der Waals surface area contributed by atoms with Crippen LogP contribution in [0.5, 0.6) is 0 Å². The highest BCUT2D eigenvalue weighted by molar-refractivity contribution is 5.25. The summed E-state index contributed by atoms with van der Waals surface area (Å²) >= 11 is 0. The molecule has 1 aliphatic heterocycles. The molecular formula is C19H24FN3O. The van der Waals surface area contributed by atoms with Gasteiger partial charge in [0.2, 0.25) is 0 Å². The van der Waals surface area contributed by atoms with Crippen molar-refractivity contribution >= 4 is 0 Å². The number of likely N-dealkylation sites (tertiary alicyclic amines) is 1. The second-order valence-electron chi connectivity index (χ2n) is 6.89. The minimum Gasteiger partial charge on any atom is -0.385 e. The number of hydrogen-bond donors (Lipinski definition) is 1. The van der Waals surface area contributed by atoms with E-state index in [0.717, 1.165) is 31.0 Å². The van der Waals surface area contributed by atoms with Crippen LogP contribution in [0.25, 0.3) is 0 Å². The summed E-state index contributed by atoms with van der Waals surface area (Å²) in [6, 6.07) is 6.52. The lowest BCUT2D eigenvalue weighted by Crippen LogP contribution is -2.42. The number of benzene rings is 1. The highest BCUT2D eigenvalue weighted by Crippen LogP contribution is 2.34. The second kappa shape index (κ2) is 6.95. The van der Waals surface area contributed by atoms with Gasteiger partial charge in [-0.25, -0.2) is 14.4 Å². The topological polar surface area (TPSA) is 49.2 Å². The van der Waals surface area contributed by atoms with Crippen LogP contribution in [0.3, 0.4) is 0 Å². The lowest BCUT2D eigenvalue weighted by molar-refractivity contribution is -0.0303. The molecule has 1 aromatic carbocycles. The van der Waals surface area contributed by atoms with Crippen molar-refractivity contribution in [1.82, 2.24) is 14.9 Å². The zero-order chi connectivity index (χ0) is 17.2. The molecule has 2 aromatic rings. The average Bonchev–Trinajstić information content (AvgIpc) is 2.58. The van der Waals surface area contributed by atoms with Gasteiger partial charge in [0.15, 0.2) is 0 Å². The van der Waals surface area contributed by atoms with Crippen molar-refractivity contribution < 1.29 is 9.50 Å². The van der Waals surface area contributed by atoms with E-state index < -0.39 is 5.60 Å². The molecule has 5 heteroatoms. The van der Waals surface area contributed by atoms with E-state index in [4.69, 9.17) is 0 Å². The Kier molecular flexibility index (Phi) is 4.92. The molecule has 1 N–H and O–H groups in total. The van der Waals surface area contributed by atoms with E-state index in [1.54, 1.807) is 18.2 Å². The summed E-state index contributed by atoms with van der Waals surface area (Å²) in [5.74, 6) is 0.849. The number of aliphatic hydroxyl groups is 1. The van der Waals surface area contributed by atoms with Crippen LogP contribution in [0.1, 0.15) is 49.6 Å². The molecule has 0 amide bonds. The quantitative estimate of drug-likeness (QED) is 0.936. The Balaban J connectivity index is 1.62. The zero-order valence-corrected chi connectivity index (χ0v) is 14.2. The molecule has 1 aromatic heterocycles. The maximum absolute atomic E-state index is 14.0. The van der Waals surface area contributed by atoms with Crippen molar-refractivity contribution in [3.63, 3.8) is 0 Å². The van der Waals surface area contributed by atoms with Crippen LogP contribution in [0.2, 0.25) is 0 Å². The van der Waals surface area contributed by atoms with E-state index in [2.05, 4.69) is 28.7 Å². The largest absolute Gasteiger partial charge is 0.385 e. The number of aromatic nitrogens is 2. The number of nitrogens with zero attached hydrogens (tertiary/aromatic N) is 3. The molecule has 3 rings (SSSR count). The fourth-order valence-electron chi connectivity index (χ4n) is 3.19. The first kappa shape index (κ1) is 17.0. The molecule has 128 valence electrons. The molecule has 1 aliphatic rings. The highest BCUT2D eigenvalue weighted by atomic mass is 19.1. The first-order chi connectivity index (χ1) is 11.5. The first-order valence-electron chi connectivity index (χ1n) is 8.48. The van der Waals surface area contributed by atoms with E-state index in [-0.39, 0.29) is 5.82 Å². The normalized spacial score (nSPS) is 18.0. The number of hydrogen-bond acceptors (Lipinski definition) is 4. The summed E-state index contributed by atoms with van der Waals surface area (Å²) in [5.41, 5.74) is 0.407.